The molecule has 1 aromatic heterocycles. The molecule has 0 aromatic carbocycles. The van der Waals surface area contributed by atoms with E-state index in [1.165, 1.54) is 7.11 Å². The van der Waals surface area contributed by atoms with Crippen LogP contribution in [0.2, 0.25) is 0 Å². The molecule has 5 nitrogen and oxygen atoms in total. The second-order valence-corrected chi connectivity index (χ2v) is 4.78. The molecule has 0 N–H and O–H groups in total. The summed E-state index contributed by atoms with van der Waals surface area (Å²) in [6, 6.07) is 5.85. The molecule has 0 saturated carbocycles. The van der Waals surface area contributed by atoms with Crippen molar-refractivity contribution < 1.29 is 14.3 Å². The maximum atomic E-state index is 11.8. The van der Waals surface area contributed by atoms with Crippen molar-refractivity contribution in [3.8, 4) is 0 Å². The van der Waals surface area contributed by atoms with E-state index >= 15 is 0 Å². The maximum Gasteiger partial charge on any atom is 0.310 e. The van der Waals surface area contributed by atoms with Gasteiger partial charge in [-0.3, -0.25) is 14.6 Å². The van der Waals surface area contributed by atoms with E-state index in [1.54, 1.807) is 4.90 Å². The van der Waals surface area contributed by atoms with Crippen LogP contribution in [-0.2, 0) is 20.7 Å². The number of aromatic nitrogens is 1. The first-order valence-electron chi connectivity index (χ1n) is 6.38. The van der Waals surface area contributed by atoms with Crippen molar-refractivity contribution in [1.29, 1.82) is 0 Å². The van der Waals surface area contributed by atoms with Crippen LogP contribution in [0.4, 0.5) is 0 Å². The number of aryl methyl sites for hydroxylation is 1. The molecule has 1 saturated heterocycles. The summed E-state index contributed by atoms with van der Waals surface area (Å²) >= 11 is 0. The molecule has 1 fully saturated rings. The Morgan fingerprint density at radius 3 is 3.00 bits per heavy atom. The van der Waals surface area contributed by atoms with Gasteiger partial charge in [0.15, 0.2) is 0 Å². The zero-order chi connectivity index (χ0) is 13.8. The van der Waals surface area contributed by atoms with Crippen LogP contribution in [0.15, 0.2) is 18.2 Å². The minimum absolute atomic E-state index is 0.0167. The monoisotopic (exact) mass is 262 g/mol. The smallest absolute Gasteiger partial charge is 0.310 e. The van der Waals surface area contributed by atoms with Gasteiger partial charge in [-0.15, -0.1) is 0 Å². The van der Waals surface area contributed by atoms with Crippen LogP contribution in [0, 0.1) is 12.8 Å². The predicted octanol–water partition coefficient (Wildman–Crippen LogP) is 0.954. The van der Waals surface area contributed by atoms with Crippen LogP contribution in [0.25, 0.3) is 0 Å². The Morgan fingerprint density at radius 1 is 1.53 bits per heavy atom. The number of amides is 1. The number of carbonyl (C=O) groups excluding carboxylic acids is 2. The molecule has 102 valence electrons. The van der Waals surface area contributed by atoms with Crippen LogP contribution in [0.1, 0.15) is 17.8 Å². The van der Waals surface area contributed by atoms with Crippen LogP contribution in [-0.4, -0.2) is 42.0 Å². The standard InChI is InChI=1S/C14H18N2O3/c1-10-4-3-5-12(15-10)6-7-16-9-11(8-13(16)17)14(18)19-2/h3-5,11H,6-9H2,1-2H3. The van der Waals surface area contributed by atoms with Gasteiger partial charge in [-0.1, -0.05) is 6.07 Å². The molecule has 0 spiro atoms. The predicted molar refractivity (Wildman–Crippen MR) is 69.4 cm³/mol. The van der Waals surface area contributed by atoms with Crippen molar-refractivity contribution in [2.24, 2.45) is 5.92 Å². The van der Waals surface area contributed by atoms with Crippen LogP contribution in [0.3, 0.4) is 0 Å². The van der Waals surface area contributed by atoms with E-state index in [9.17, 15) is 9.59 Å². The number of pyridine rings is 1. The average Bonchev–Trinajstić information content (AvgIpc) is 2.77. The Hall–Kier alpha value is -1.91. The average molecular weight is 262 g/mol. The third kappa shape index (κ3) is 3.30. The Bertz CT molecular complexity index is 487. The van der Waals surface area contributed by atoms with Crippen molar-refractivity contribution in [2.45, 2.75) is 19.8 Å². The van der Waals surface area contributed by atoms with Crippen molar-refractivity contribution in [1.82, 2.24) is 9.88 Å². The fourth-order valence-corrected chi connectivity index (χ4v) is 2.30. The van der Waals surface area contributed by atoms with E-state index in [2.05, 4.69) is 9.72 Å². The lowest BCUT2D eigenvalue weighted by molar-refractivity contribution is -0.145. The molecule has 1 amide bonds. The van der Waals surface area contributed by atoms with Gasteiger partial charge in [0.25, 0.3) is 0 Å². The molecule has 5 heteroatoms. The van der Waals surface area contributed by atoms with E-state index in [4.69, 9.17) is 0 Å². The molecule has 0 bridgehead atoms. The second-order valence-electron chi connectivity index (χ2n) is 4.78. The van der Waals surface area contributed by atoms with Gasteiger partial charge in [-0.25, -0.2) is 0 Å². The zero-order valence-electron chi connectivity index (χ0n) is 11.3. The minimum Gasteiger partial charge on any atom is -0.469 e. The van der Waals surface area contributed by atoms with Crippen molar-refractivity contribution in [3.63, 3.8) is 0 Å². The first-order valence-corrected chi connectivity index (χ1v) is 6.38. The zero-order valence-corrected chi connectivity index (χ0v) is 11.3. The quantitative estimate of drug-likeness (QED) is 0.758. The topological polar surface area (TPSA) is 59.5 Å². The molecular weight excluding hydrogens is 244 g/mol. The molecule has 19 heavy (non-hydrogen) atoms. The molecule has 2 rings (SSSR count). The number of likely N-dealkylation sites (tertiary alicyclic amines) is 1. The molecule has 1 aromatic rings. The molecular formula is C14H18N2O3. The fraction of sp³-hybridized carbons (Fsp3) is 0.500. The number of ether oxygens (including phenoxy) is 1. The highest BCUT2D eigenvalue weighted by Crippen LogP contribution is 2.19. The summed E-state index contributed by atoms with van der Waals surface area (Å²) in [5.74, 6) is -0.601. The molecule has 1 atom stereocenters. The van der Waals surface area contributed by atoms with Gasteiger partial charge in [-0.2, -0.15) is 0 Å². The van der Waals surface area contributed by atoms with E-state index in [-0.39, 0.29) is 24.2 Å². The number of nitrogens with zero attached hydrogens (tertiary/aromatic N) is 2. The lowest BCUT2D eigenvalue weighted by Gasteiger charge is -2.15. The Morgan fingerprint density at radius 2 is 2.32 bits per heavy atom. The highest BCUT2D eigenvalue weighted by atomic mass is 16.5. The summed E-state index contributed by atoms with van der Waals surface area (Å²) in [6.45, 7) is 3.00. The highest BCUT2D eigenvalue weighted by molar-refractivity contribution is 5.86. The number of methoxy groups -OCH3 is 1. The van der Waals surface area contributed by atoms with E-state index in [0.717, 1.165) is 11.4 Å². The van der Waals surface area contributed by atoms with Crippen LogP contribution >= 0.6 is 0 Å². The summed E-state index contributed by atoms with van der Waals surface area (Å²) in [6.07, 6.45) is 0.967. The molecule has 1 aliphatic rings. The first-order chi connectivity index (χ1) is 9.10. The highest BCUT2D eigenvalue weighted by Gasteiger charge is 2.34. The number of hydrogen-bond donors (Lipinski definition) is 0. The van der Waals surface area contributed by atoms with Gasteiger partial charge in [0.05, 0.1) is 13.0 Å². The number of esters is 1. The van der Waals surface area contributed by atoms with Crippen LogP contribution < -0.4 is 0 Å². The molecule has 1 unspecified atom stereocenters. The van der Waals surface area contributed by atoms with Gasteiger partial charge in [0.2, 0.25) is 5.91 Å². The Balaban J connectivity index is 1.90. The van der Waals surface area contributed by atoms with E-state index < -0.39 is 0 Å². The summed E-state index contributed by atoms with van der Waals surface area (Å²) < 4.78 is 4.68. The Kier molecular flexibility index (Phi) is 4.14. The maximum absolute atomic E-state index is 11.8. The second kappa shape index (κ2) is 5.82. The Labute approximate surface area is 112 Å². The minimum atomic E-state index is -0.317. The van der Waals surface area contributed by atoms with Gasteiger partial charge < -0.3 is 9.64 Å². The van der Waals surface area contributed by atoms with Crippen molar-refractivity contribution >= 4 is 11.9 Å². The van der Waals surface area contributed by atoms with Gasteiger partial charge in [0.1, 0.15) is 0 Å². The van der Waals surface area contributed by atoms with Gasteiger partial charge in [0, 0.05) is 37.3 Å². The van der Waals surface area contributed by atoms with E-state index in [1.807, 2.05) is 25.1 Å². The normalized spacial score (nSPS) is 18.7. The lowest BCUT2D eigenvalue weighted by atomic mass is 10.1. The molecule has 1 aliphatic heterocycles. The SMILES string of the molecule is COC(=O)C1CC(=O)N(CCc2cccc(C)n2)C1. The fourth-order valence-electron chi connectivity index (χ4n) is 2.30. The third-order valence-electron chi connectivity index (χ3n) is 3.33. The first kappa shape index (κ1) is 13.5. The molecule has 0 aliphatic carbocycles. The number of hydrogen-bond acceptors (Lipinski definition) is 4. The summed E-state index contributed by atoms with van der Waals surface area (Å²) in [7, 11) is 1.35. The largest absolute Gasteiger partial charge is 0.469 e. The lowest BCUT2D eigenvalue weighted by Crippen LogP contribution is -2.28. The summed E-state index contributed by atoms with van der Waals surface area (Å²) in [4.78, 5) is 29.3. The number of carbonyl (C=O) groups is 2. The van der Waals surface area contributed by atoms with Crippen molar-refractivity contribution in [2.75, 3.05) is 20.2 Å². The summed E-state index contributed by atoms with van der Waals surface area (Å²) in [5.41, 5.74) is 1.94. The van der Waals surface area contributed by atoms with Gasteiger partial charge in [-0.05, 0) is 19.1 Å². The molecule has 0 radical (unpaired) electrons. The summed E-state index contributed by atoms with van der Waals surface area (Å²) in [5, 5.41) is 0. The molecule has 2 heterocycles. The van der Waals surface area contributed by atoms with E-state index in [0.29, 0.717) is 19.5 Å². The number of rotatable bonds is 4. The third-order valence-corrected chi connectivity index (χ3v) is 3.33. The van der Waals surface area contributed by atoms with Gasteiger partial charge >= 0.3 is 5.97 Å². The van der Waals surface area contributed by atoms with Crippen LogP contribution in [0.5, 0.6) is 0 Å². The van der Waals surface area contributed by atoms with Crippen molar-refractivity contribution in [3.05, 3.63) is 29.6 Å².